The summed E-state index contributed by atoms with van der Waals surface area (Å²) in [7, 11) is 1.61. The predicted octanol–water partition coefficient (Wildman–Crippen LogP) is -1.06. The molecule has 1 unspecified atom stereocenters. The molecule has 1 heterocycles. The summed E-state index contributed by atoms with van der Waals surface area (Å²) in [5.74, 6) is -0.376. The minimum absolute atomic E-state index is 0. The van der Waals surface area contributed by atoms with Crippen molar-refractivity contribution in [1.29, 1.82) is 0 Å². The second-order valence-corrected chi connectivity index (χ2v) is 6.13. The van der Waals surface area contributed by atoms with Crippen LogP contribution in [-0.2, 0) is 17.8 Å². The molecule has 2 N–H and O–H groups in total. The van der Waals surface area contributed by atoms with Crippen LogP contribution >= 0.6 is 0 Å². The van der Waals surface area contributed by atoms with E-state index in [4.69, 9.17) is 4.74 Å². The van der Waals surface area contributed by atoms with Crippen LogP contribution in [0.15, 0.2) is 48.7 Å². The number of hydrogen-bond acceptors (Lipinski definition) is 4. The fourth-order valence-electron chi connectivity index (χ4n) is 3.04. The van der Waals surface area contributed by atoms with E-state index in [1.807, 2.05) is 55.6 Å². The van der Waals surface area contributed by atoms with Crippen molar-refractivity contribution < 1.29 is 44.2 Å². The van der Waals surface area contributed by atoms with Crippen molar-refractivity contribution in [2.75, 3.05) is 7.11 Å². The normalized spacial score (nSPS) is 11.8. The number of benzene rings is 2. The van der Waals surface area contributed by atoms with Crippen molar-refractivity contribution >= 4 is 16.9 Å². The topological polar surface area (TPSA) is 77.2 Å². The Balaban J connectivity index is 0.00000243. The van der Waals surface area contributed by atoms with Crippen LogP contribution in [0.25, 0.3) is 10.9 Å². The number of aryl methyl sites for hydroxylation is 1. The third-order valence-corrected chi connectivity index (χ3v) is 4.36. The molecule has 0 aliphatic carbocycles. The van der Waals surface area contributed by atoms with Gasteiger partial charge in [-0.25, -0.2) is 0 Å². The Kier molecular flexibility index (Phi) is 7.29. The van der Waals surface area contributed by atoms with Gasteiger partial charge in [0.05, 0.1) is 19.1 Å². The van der Waals surface area contributed by atoms with E-state index < -0.39 is 12.0 Å². The summed E-state index contributed by atoms with van der Waals surface area (Å²) in [6, 6.07) is 12.9. The standard InChI is InChI=1S/C20H22N2O3.Na/c1-13-7-8-19(25-2)15(9-13)12-22-18(20(23)24)10-14-11-21-17-6-4-3-5-16(14)17;/h3-9,11,18,21-22H,10,12H2,1-2H3,(H,23,24);/q;+1/p-1. The fourth-order valence-corrected chi connectivity index (χ4v) is 3.04. The predicted molar refractivity (Wildman–Crippen MR) is 95.4 cm³/mol. The van der Waals surface area contributed by atoms with Crippen LogP contribution in [0.2, 0.25) is 0 Å². The molecular formula is C20H21N2NaO3. The summed E-state index contributed by atoms with van der Waals surface area (Å²) >= 11 is 0. The Hall–Kier alpha value is -1.79. The van der Waals surface area contributed by atoms with Crippen molar-refractivity contribution in [2.45, 2.75) is 25.9 Å². The van der Waals surface area contributed by atoms with E-state index in [-0.39, 0.29) is 29.6 Å². The number of H-pyrrole nitrogens is 1. The number of carboxylic acid groups (broad SMARTS) is 1. The molecule has 3 rings (SSSR count). The molecule has 3 aromatic rings. The van der Waals surface area contributed by atoms with Crippen LogP contribution in [0.3, 0.4) is 0 Å². The molecule has 130 valence electrons. The Morgan fingerprint density at radius 2 is 2.00 bits per heavy atom. The van der Waals surface area contributed by atoms with Gasteiger partial charge in [-0.15, -0.1) is 0 Å². The number of rotatable bonds is 7. The van der Waals surface area contributed by atoms with Crippen LogP contribution in [-0.4, -0.2) is 24.1 Å². The van der Waals surface area contributed by atoms with E-state index >= 15 is 0 Å². The van der Waals surface area contributed by atoms with Gasteiger partial charge in [-0.1, -0.05) is 35.9 Å². The van der Waals surface area contributed by atoms with Crippen LogP contribution in [0.1, 0.15) is 16.7 Å². The van der Waals surface area contributed by atoms with E-state index in [0.717, 1.165) is 33.3 Å². The van der Waals surface area contributed by atoms with Crippen LogP contribution in [0.5, 0.6) is 5.75 Å². The van der Waals surface area contributed by atoms with Crippen LogP contribution in [0.4, 0.5) is 0 Å². The molecule has 0 aliphatic rings. The Morgan fingerprint density at radius 3 is 2.73 bits per heavy atom. The molecule has 0 fully saturated rings. The minimum Gasteiger partial charge on any atom is -0.548 e. The number of nitrogens with one attached hydrogen (secondary N) is 2. The first-order valence-corrected chi connectivity index (χ1v) is 8.21. The molecule has 0 saturated heterocycles. The number of carbonyl (C=O) groups is 1. The monoisotopic (exact) mass is 360 g/mol. The number of para-hydroxylation sites is 1. The zero-order valence-corrected chi connectivity index (χ0v) is 17.3. The minimum atomic E-state index is -1.11. The van der Waals surface area contributed by atoms with Gasteiger partial charge in [0.2, 0.25) is 0 Å². The molecule has 0 radical (unpaired) electrons. The number of aliphatic carboxylic acids is 1. The first-order valence-electron chi connectivity index (χ1n) is 8.21. The Morgan fingerprint density at radius 1 is 1.23 bits per heavy atom. The molecule has 0 saturated carbocycles. The number of ether oxygens (including phenoxy) is 1. The molecule has 1 atom stereocenters. The molecule has 0 spiro atoms. The number of methoxy groups -OCH3 is 1. The Labute approximate surface area is 175 Å². The molecular weight excluding hydrogens is 339 g/mol. The van der Waals surface area contributed by atoms with Gasteiger partial charge in [0.25, 0.3) is 0 Å². The van der Waals surface area contributed by atoms with Crippen LogP contribution in [0, 0.1) is 6.92 Å². The average Bonchev–Trinajstić information content (AvgIpc) is 3.01. The maximum atomic E-state index is 11.6. The zero-order chi connectivity index (χ0) is 17.8. The number of carboxylic acids is 1. The summed E-state index contributed by atoms with van der Waals surface area (Å²) in [5, 5.41) is 15.7. The van der Waals surface area contributed by atoms with Crippen molar-refractivity contribution in [3.8, 4) is 5.75 Å². The largest absolute Gasteiger partial charge is 1.00 e. The van der Waals surface area contributed by atoms with E-state index in [2.05, 4.69) is 10.3 Å². The van der Waals surface area contributed by atoms with Gasteiger partial charge in [-0.3, -0.25) is 0 Å². The smallest absolute Gasteiger partial charge is 0.548 e. The van der Waals surface area contributed by atoms with Crippen molar-refractivity contribution in [3.05, 3.63) is 65.4 Å². The van der Waals surface area contributed by atoms with Crippen molar-refractivity contribution in [3.63, 3.8) is 0 Å². The second kappa shape index (κ2) is 9.24. The molecule has 0 aliphatic heterocycles. The second-order valence-electron chi connectivity index (χ2n) is 6.13. The first kappa shape index (κ1) is 20.5. The van der Waals surface area contributed by atoms with Gasteiger partial charge >= 0.3 is 29.6 Å². The third kappa shape index (κ3) is 4.68. The molecule has 5 nitrogen and oxygen atoms in total. The SMILES string of the molecule is COc1ccc(C)cc1CNC(Cc1c[nH]c2ccccc12)C(=O)[O-].[Na+]. The van der Waals surface area contributed by atoms with Crippen molar-refractivity contribution in [2.24, 2.45) is 0 Å². The molecule has 26 heavy (non-hydrogen) atoms. The number of fused-ring (bicyclic) bond motifs is 1. The average molecular weight is 360 g/mol. The maximum Gasteiger partial charge on any atom is 1.00 e. The van der Waals surface area contributed by atoms with Gasteiger partial charge in [-0.2, -0.15) is 0 Å². The quantitative estimate of drug-likeness (QED) is 0.527. The Bertz CT molecular complexity index is 892. The molecule has 0 amide bonds. The number of aromatic amines is 1. The summed E-state index contributed by atoms with van der Waals surface area (Å²) < 4.78 is 5.35. The van der Waals surface area contributed by atoms with Crippen molar-refractivity contribution in [1.82, 2.24) is 10.3 Å². The third-order valence-electron chi connectivity index (χ3n) is 4.36. The van der Waals surface area contributed by atoms with E-state index in [9.17, 15) is 9.90 Å². The zero-order valence-electron chi connectivity index (χ0n) is 15.3. The maximum absolute atomic E-state index is 11.6. The van der Waals surface area contributed by atoms with Gasteiger partial charge in [-0.05, 0) is 31.0 Å². The number of carbonyl (C=O) groups excluding carboxylic acids is 1. The summed E-state index contributed by atoms with van der Waals surface area (Å²) in [6.07, 6.45) is 2.20. The summed E-state index contributed by atoms with van der Waals surface area (Å²) in [4.78, 5) is 14.8. The molecule has 6 heteroatoms. The fraction of sp³-hybridized carbons (Fsp3) is 0.250. The molecule has 1 aromatic heterocycles. The summed E-state index contributed by atoms with van der Waals surface area (Å²) in [6.45, 7) is 2.39. The van der Waals surface area contributed by atoms with Gasteiger partial charge < -0.3 is 24.9 Å². The molecule has 0 bridgehead atoms. The number of aromatic nitrogens is 1. The first-order chi connectivity index (χ1) is 12.1. The molecule has 2 aromatic carbocycles. The van der Waals surface area contributed by atoms with Gasteiger partial charge in [0.15, 0.2) is 0 Å². The van der Waals surface area contributed by atoms with E-state index in [1.165, 1.54) is 0 Å². The number of hydrogen-bond donors (Lipinski definition) is 2. The van der Waals surface area contributed by atoms with Gasteiger partial charge in [0.1, 0.15) is 5.75 Å². The summed E-state index contributed by atoms with van der Waals surface area (Å²) in [5.41, 5.74) is 3.97. The van der Waals surface area contributed by atoms with E-state index in [0.29, 0.717) is 13.0 Å². The van der Waals surface area contributed by atoms with Crippen LogP contribution < -0.4 is 44.7 Å². The van der Waals surface area contributed by atoms with E-state index in [1.54, 1.807) is 7.11 Å². The van der Waals surface area contributed by atoms with Gasteiger partial charge in [0, 0.05) is 29.2 Å².